The molecule has 0 saturated heterocycles. The number of rotatable bonds is 8. The number of Topliss-reactive ketones (excluding diaryl/α,β-unsaturated/α-hetero) is 1. The maximum absolute atomic E-state index is 13.4. The number of hydrogen-bond donors (Lipinski definition) is 3. The van der Waals surface area contributed by atoms with E-state index in [0.29, 0.717) is 22.5 Å². The van der Waals surface area contributed by atoms with Gasteiger partial charge >= 0.3 is 0 Å². The third-order valence-corrected chi connectivity index (χ3v) is 6.35. The van der Waals surface area contributed by atoms with Crippen LogP contribution in [0.15, 0.2) is 59.0 Å². The van der Waals surface area contributed by atoms with Gasteiger partial charge in [-0.15, -0.1) is 0 Å². The second kappa shape index (κ2) is 11.2. The van der Waals surface area contributed by atoms with E-state index in [1.807, 2.05) is 52.0 Å². The SMILES string of the molecule is CCN(CC)c1ccc(C2=C(O)/C(=C3\C=CC(=[N+](CC)CC)C=C3NC(C)=O)C2=O)c(NC(C)=O)c1. The summed E-state index contributed by atoms with van der Waals surface area (Å²) in [6, 6.07) is 5.44. The molecule has 1 aromatic carbocycles. The summed E-state index contributed by atoms with van der Waals surface area (Å²) in [5.41, 5.74) is 3.91. The average molecular weight is 492 g/mol. The minimum absolute atomic E-state index is 0.140. The molecular weight excluding hydrogens is 456 g/mol. The fourth-order valence-electron chi connectivity index (χ4n) is 4.56. The standard InChI is InChI=1S/C28H34N4O4/c1-7-31(8-2)19-11-13-21(23(15-19)29-17(5)33)25-27(35)26(28(25)36)22-14-12-20(32(9-3)10-4)16-24(22)30-18(6)34/h11-16H,7-10H2,1-6H3,(H2,29,30,33,34,35,36)/p+1. The van der Waals surface area contributed by atoms with Crippen molar-refractivity contribution in [3.8, 4) is 0 Å². The van der Waals surface area contributed by atoms with Crippen LogP contribution in [0, 0.1) is 0 Å². The van der Waals surface area contributed by atoms with Gasteiger partial charge in [0.15, 0.2) is 0 Å². The van der Waals surface area contributed by atoms with Gasteiger partial charge in [0.2, 0.25) is 23.3 Å². The van der Waals surface area contributed by atoms with Crippen molar-refractivity contribution in [3.63, 3.8) is 0 Å². The lowest BCUT2D eigenvalue weighted by atomic mass is 9.78. The number of benzene rings is 1. The molecule has 0 fully saturated rings. The third kappa shape index (κ3) is 5.17. The van der Waals surface area contributed by atoms with E-state index in [2.05, 4.69) is 20.1 Å². The van der Waals surface area contributed by atoms with Crippen LogP contribution in [-0.2, 0) is 14.4 Å². The summed E-state index contributed by atoms with van der Waals surface area (Å²) in [4.78, 5) is 39.4. The topological polar surface area (TPSA) is 102 Å². The number of aliphatic hydroxyl groups excluding tert-OH is 1. The predicted octanol–water partition coefficient (Wildman–Crippen LogP) is 3.72. The van der Waals surface area contributed by atoms with Crippen molar-refractivity contribution >= 4 is 40.3 Å². The van der Waals surface area contributed by atoms with Gasteiger partial charge in [0.05, 0.1) is 22.5 Å². The molecule has 0 bridgehead atoms. The van der Waals surface area contributed by atoms with Gasteiger partial charge in [-0.3, -0.25) is 14.4 Å². The smallest absolute Gasteiger partial charge is 0.221 e. The van der Waals surface area contributed by atoms with Gasteiger partial charge in [0.1, 0.15) is 18.8 Å². The second-order valence-electron chi connectivity index (χ2n) is 8.59. The highest BCUT2D eigenvalue weighted by Gasteiger charge is 2.39. The van der Waals surface area contributed by atoms with Gasteiger partial charge in [-0.1, -0.05) is 0 Å². The van der Waals surface area contributed by atoms with Gasteiger partial charge in [-0.05, 0) is 52.0 Å². The Morgan fingerprint density at radius 3 is 2.11 bits per heavy atom. The normalized spacial score (nSPS) is 17.0. The number of anilines is 2. The number of carbonyl (C=O) groups excluding carboxylic acids is 3. The summed E-state index contributed by atoms with van der Waals surface area (Å²) in [6.45, 7) is 14.1. The van der Waals surface area contributed by atoms with Crippen LogP contribution in [0.3, 0.4) is 0 Å². The summed E-state index contributed by atoms with van der Waals surface area (Å²) in [6.07, 6.45) is 5.44. The number of carbonyl (C=O) groups is 3. The average Bonchev–Trinajstić information content (AvgIpc) is 2.83. The van der Waals surface area contributed by atoms with Crippen molar-refractivity contribution in [2.75, 3.05) is 36.4 Å². The van der Waals surface area contributed by atoms with E-state index in [1.54, 1.807) is 12.1 Å². The Balaban J connectivity index is 2.14. The summed E-state index contributed by atoms with van der Waals surface area (Å²) in [7, 11) is 0. The molecule has 0 spiro atoms. The van der Waals surface area contributed by atoms with Crippen LogP contribution in [0.25, 0.3) is 5.57 Å². The molecule has 1 aromatic rings. The number of nitrogens with one attached hydrogen (secondary N) is 2. The number of amides is 2. The summed E-state index contributed by atoms with van der Waals surface area (Å²) >= 11 is 0. The van der Waals surface area contributed by atoms with Crippen molar-refractivity contribution in [1.82, 2.24) is 5.32 Å². The highest BCUT2D eigenvalue weighted by Crippen LogP contribution is 2.43. The maximum atomic E-state index is 13.4. The Bertz CT molecular complexity index is 1250. The van der Waals surface area contributed by atoms with E-state index in [-0.39, 0.29) is 34.5 Å². The van der Waals surface area contributed by atoms with Gasteiger partial charge in [0.25, 0.3) is 0 Å². The first-order valence-corrected chi connectivity index (χ1v) is 12.4. The number of ketones is 1. The Kier molecular flexibility index (Phi) is 8.29. The zero-order chi connectivity index (χ0) is 26.6. The van der Waals surface area contributed by atoms with Crippen molar-refractivity contribution in [2.45, 2.75) is 41.5 Å². The Morgan fingerprint density at radius 2 is 1.58 bits per heavy atom. The minimum atomic E-state index is -0.350. The maximum Gasteiger partial charge on any atom is 0.221 e. The fraction of sp³-hybridized carbons (Fsp3) is 0.357. The zero-order valence-corrected chi connectivity index (χ0v) is 21.9. The molecule has 36 heavy (non-hydrogen) atoms. The highest BCUT2D eigenvalue weighted by atomic mass is 16.3. The Morgan fingerprint density at radius 1 is 0.944 bits per heavy atom. The molecule has 2 amide bonds. The highest BCUT2D eigenvalue weighted by molar-refractivity contribution is 6.40. The molecule has 190 valence electrons. The quantitative estimate of drug-likeness (QED) is 0.380. The zero-order valence-electron chi connectivity index (χ0n) is 21.9. The molecule has 2 aliphatic rings. The minimum Gasteiger partial charge on any atom is -0.506 e. The summed E-state index contributed by atoms with van der Waals surface area (Å²) < 4.78 is 2.13. The number of aliphatic hydroxyl groups is 1. The number of allylic oxidation sites excluding steroid dienone is 5. The third-order valence-electron chi connectivity index (χ3n) is 6.35. The van der Waals surface area contributed by atoms with Crippen LogP contribution >= 0.6 is 0 Å². The molecule has 8 heteroatoms. The van der Waals surface area contributed by atoms with E-state index in [9.17, 15) is 19.5 Å². The van der Waals surface area contributed by atoms with Crippen LogP contribution < -0.4 is 15.5 Å². The lowest BCUT2D eigenvalue weighted by Gasteiger charge is -2.28. The van der Waals surface area contributed by atoms with Crippen molar-refractivity contribution in [1.29, 1.82) is 0 Å². The first kappa shape index (κ1) is 26.7. The second-order valence-corrected chi connectivity index (χ2v) is 8.59. The Hall–Kier alpha value is -3.94. The molecular formula is C28H35N4O4+. The van der Waals surface area contributed by atoms with E-state index in [0.717, 1.165) is 37.6 Å². The molecule has 2 aliphatic carbocycles. The van der Waals surface area contributed by atoms with Crippen LogP contribution in [-0.4, -0.2) is 59.2 Å². The van der Waals surface area contributed by atoms with Crippen LogP contribution in [0.1, 0.15) is 47.1 Å². The molecule has 0 aromatic heterocycles. The van der Waals surface area contributed by atoms with E-state index >= 15 is 0 Å². The van der Waals surface area contributed by atoms with Gasteiger partial charge in [-0.2, -0.15) is 0 Å². The lowest BCUT2D eigenvalue weighted by molar-refractivity contribution is -0.519. The predicted molar refractivity (Wildman–Crippen MR) is 143 cm³/mol. The Labute approximate surface area is 212 Å². The van der Waals surface area contributed by atoms with Crippen LogP contribution in [0.5, 0.6) is 0 Å². The van der Waals surface area contributed by atoms with Crippen LogP contribution in [0.4, 0.5) is 11.4 Å². The molecule has 3 N–H and O–H groups in total. The van der Waals surface area contributed by atoms with E-state index in [1.165, 1.54) is 13.8 Å². The van der Waals surface area contributed by atoms with Crippen molar-refractivity contribution < 1.29 is 24.1 Å². The van der Waals surface area contributed by atoms with E-state index in [4.69, 9.17) is 0 Å². The largest absolute Gasteiger partial charge is 0.506 e. The van der Waals surface area contributed by atoms with Gasteiger partial charge in [-0.25, -0.2) is 4.58 Å². The first-order valence-electron chi connectivity index (χ1n) is 12.4. The first-order chi connectivity index (χ1) is 17.2. The monoisotopic (exact) mass is 491 g/mol. The molecule has 0 atom stereocenters. The molecule has 8 nitrogen and oxygen atoms in total. The fourth-order valence-corrected chi connectivity index (χ4v) is 4.56. The number of nitrogens with zero attached hydrogens (tertiary/aromatic N) is 2. The molecule has 0 saturated carbocycles. The number of hydrogen-bond acceptors (Lipinski definition) is 5. The molecule has 0 unspecified atom stereocenters. The lowest BCUT2D eigenvalue weighted by Crippen LogP contribution is -2.30. The summed E-state index contributed by atoms with van der Waals surface area (Å²) in [5, 5.41) is 16.7. The molecule has 0 radical (unpaired) electrons. The summed E-state index contributed by atoms with van der Waals surface area (Å²) in [5.74, 6) is -1.06. The van der Waals surface area contributed by atoms with Crippen molar-refractivity contribution in [3.05, 3.63) is 64.6 Å². The molecule has 0 heterocycles. The van der Waals surface area contributed by atoms with E-state index < -0.39 is 0 Å². The van der Waals surface area contributed by atoms with Crippen LogP contribution in [0.2, 0.25) is 0 Å². The molecule has 0 aliphatic heterocycles. The van der Waals surface area contributed by atoms with Crippen molar-refractivity contribution in [2.24, 2.45) is 0 Å². The molecule has 3 rings (SSSR count). The van der Waals surface area contributed by atoms with Gasteiger partial charge < -0.3 is 20.6 Å². The van der Waals surface area contributed by atoms with Gasteiger partial charge in [0, 0.05) is 55.9 Å².